The van der Waals surface area contributed by atoms with Gasteiger partial charge in [-0.05, 0) is 35.7 Å². The second-order valence-electron chi connectivity index (χ2n) is 5.43. The molecule has 112 valence electrons. The number of pyridine rings is 1. The molecule has 4 aromatic rings. The summed E-state index contributed by atoms with van der Waals surface area (Å²) < 4.78 is 2.00. The summed E-state index contributed by atoms with van der Waals surface area (Å²) >= 11 is 6.30. The lowest BCUT2D eigenvalue weighted by Gasteiger charge is -2.05. The van der Waals surface area contributed by atoms with Crippen LogP contribution < -0.4 is 0 Å². The average molecular weight is 320 g/mol. The molecule has 0 bridgehead atoms. The second-order valence-corrected chi connectivity index (χ2v) is 5.84. The van der Waals surface area contributed by atoms with E-state index in [1.807, 2.05) is 40.8 Å². The van der Waals surface area contributed by atoms with E-state index in [2.05, 4.69) is 46.7 Å². The van der Waals surface area contributed by atoms with Crippen LogP contribution in [0.1, 0.15) is 11.1 Å². The van der Waals surface area contributed by atoms with Crippen molar-refractivity contribution < 1.29 is 0 Å². The van der Waals surface area contributed by atoms with Crippen molar-refractivity contribution in [3.63, 3.8) is 0 Å². The van der Waals surface area contributed by atoms with E-state index in [0.717, 1.165) is 23.5 Å². The highest BCUT2D eigenvalue weighted by atomic mass is 35.5. The summed E-state index contributed by atoms with van der Waals surface area (Å²) in [7, 11) is 0. The molecule has 0 aliphatic rings. The molecule has 0 atom stereocenters. The lowest BCUT2D eigenvalue weighted by molar-refractivity contribution is 1.09. The first-order chi connectivity index (χ1) is 11.3. The zero-order chi connectivity index (χ0) is 15.6. The van der Waals surface area contributed by atoms with Crippen molar-refractivity contribution in [2.45, 2.75) is 6.42 Å². The Morgan fingerprint density at radius 2 is 1.57 bits per heavy atom. The van der Waals surface area contributed by atoms with E-state index in [0.29, 0.717) is 5.02 Å². The van der Waals surface area contributed by atoms with Gasteiger partial charge in [0.15, 0.2) is 11.5 Å². The van der Waals surface area contributed by atoms with E-state index in [-0.39, 0.29) is 0 Å². The summed E-state index contributed by atoms with van der Waals surface area (Å²) in [5.74, 6) is 0.764. The zero-order valence-corrected chi connectivity index (χ0v) is 13.1. The highest BCUT2D eigenvalue weighted by molar-refractivity contribution is 6.33. The lowest BCUT2D eigenvalue weighted by atomic mass is 10.1. The van der Waals surface area contributed by atoms with Crippen LogP contribution in [-0.2, 0) is 6.42 Å². The third-order valence-corrected chi connectivity index (χ3v) is 4.16. The van der Waals surface area contributed by atoms with Crippen LogP contribution >= 0.6 is 11.6 Å². The highest BCUT2D eigenvalue weighted by Crippen LogP contribution is 2.26. The van der Waals surface area contributed by atoms with Crippen molar-refractivity contribution in [1.29, 1.82) is 0 Å². The molecular formula is C19H14ClN3. The van der Waals surface area contributed by atoms with Gasteiger partial charge in [0, 0.05) is 11.8 Å². The number of hydrogen-bond acceptors (Lipinski definition) is 2. The largest absolute Gasteiger partial charge is 0.282 e. The molecule has 0 spiro atoms. The summed E-state index contributed by atoms with van der Waals surface area (Å²) in [5.41, 5.74) is 4.19. The predicted molar refractivity (Wildman–Crippen MR) is 92.7 cm³/mol. The van der Waals surface area contributed by atoms with Gasteiger partial charge < -0.3 is 0 Å². The molecule has 4 rings (SSSR count). The molecule has 0 aliphatic carbocycles. The molecule has 0 saturated heterocycles. The molecule has 0 aliphatic heterocycles. The Balaban J connectivity index is 1.79. The van der Waals surface area contributed by atoms with Crippen molar-refractivity contribution >= 4 is 17.2 Å². The van der Waals surface area contributed by atoms with Crippen LogP contribution in [0.15, 0.2) is 72.9 Å². The SMILES string of the molecule is Clc1ccccc1-c1nnc2ccc(Cc3ccccc3)cn12. The standard InChI is InChI=1S/C19H14ClN3/c20-17-9-5-4-8-16(17)19-22-21-18-11-10-15(13-23(18)19)12-14-6-2-1-3-7-14/h1-11,13H,12H2. The minimum absolute atomic E-state index is 0.676. The van der Waals surface area contributed by atoms with Crippen molar-refractivity contribution in [2.24, 2.45) is 0 Å². The first-order valence-electron chi connectivity index (χ1n) is 7.44. The van der Waals surface area contributed by atoms with Gasteiger partial charge in [-0.25, -0.2) is 0 Å². The van der Waals surface area contributed by atoms with Crippen LogP contribution in [-0.4, -0.2) is 14.6 Å². The maximum absolute atomic E-state index is 6.30. The number of hydrogen-bond donors (Lipinski definition) is 0. The molecule has 3 nitrogen and oxygen atoms in total. The Kier molecular flexibility index (Phi) is 3.56. The van der Waals surface area contributed by atoms with Crippen LogP contribution in [0.25, 0.3) is 17.0 Å². The summed E-state index contributed by atoms with van der Waals surface area (Å²) in [6, 6.07) is 22.2. The molecule has 4 heteroatoms. The molecule has 0 amide bonds. The van der Waals surface area contributed by atoms with Gasteiger partial charge >= 0.3 is 0 Å². The van der Waals surface area contributed by atoms with Crippen molar-refractivity contribution in [2.75, 3.05) is 0 Å². The molecule has 0 saturated carbocycles. The molecule has 0 radical (unpaired) electrons. The maximum Gasteiger partial charge on any atom is 0.169 e. The van der Waals surface area contributed by atoms with Crippen molar-refractivity contribution in [3.05, 3.63) is 89.1 Å². The minimum atomic E-state index is 0.676. The summed E-state index contributed by atoms with van der Waals surface area (Å²) in [6.07, 6.45) is 2.96. The van der Waals surface area contributed by atoms with E-state index in [1.165, 1.54) is 11.1 Å². The van der Waals surface area contributed by atoms with Gasteiger partial charge in [0.05, 0.1) is 5.02 Å². The normalized spacial score (nSPS) is 11.0. The third kappa shape index (κ3) is 2.71. The average Bonchev–Trinajstić information content (AvgIpc) is 2.99. The van der Waals surface area contributed by atoms with Gasteiger partial charge in [0.2, 0.25) is 0 Å². The van der Waals surface area contributed by atoms with E-state index in [1.54, 1.807) is 0 Å². The van der Waals surface area contributed by atoms with Gasteiger partial charge in [0.25, 0.3) is 0 Å². The Labute approximate surface area is 139 Å². The number of rotatable bonds is 3. The smallest absolute Gasteiger partial charge is 0.169 e. The van der Waals surface area contributed by atoms with Gasteiger partial charge in [-0.2, -0.15) is 0 Å². The molecule has 2 aromatic carbocycles. The van der Waals surface area contributed by atoms with E-state index < -0.39 is 0 Å². The number of aromatic nitrogens is 3. The number of benzene rings is 2. The first-order valence-corrected chi connectivity index (χ1v) is 7.81. The molecule has 0 unspecified atom stereocenters. The lowest BCUT2D eigenvalue weighted by Crippen LogP contribution is -1.94. The van der Waals surface area contributed by atoms with Crippen LogP contribution in [0.4, 0.5) is 0 Å². The monoisotopic (exact) mass is 319 g/mol. The molecule has 0 fully saturated rings. The Morgan fingerprint density at radius 1 is 0.783 bits per heavy atom. The second kappa shape index (κ2) is 5.86. The highest BCUT2D eigenvalue weighted by Gasteiger charge is 2.11. The van der Waals surface area contributed by atoms with Crippen LogP contribution in [0.3, 0.4) is 0 Å². The van der Waals surface area contributed by atoms with E-state index >= 15 is 0 Å². The molecule has 2 aromatic heterocycles. The van der Waals surface area contributed by atoms with Crippen molar-refractivity contribution in [1.82, 2.24) is 14.6 Å². The quantitative estimate of drug-likeness (QED) is 0.550. The minimum Gasteiger partial charge on any atom is -0.282 e. The van der Waals surface area contributed by atoms with Crippen LogP contribution in [0.2, 0.25) is 5.02 Å². The summed E-state index contributed by atoms with van der Waals surface area (Å²) in [6.45, 7) is 0. The maximum atomic E-state index is 6.30. The Morgan fingerprint density at radius 3 is 2.39 bits per heavy atom. The third-order valence-electron chi connectivity index (χ3n) is 3.83. The number of halogens is 1. The van der Waals surface area contributed by atoms with Gasteiger partial charge in [-0.3, -0.25) is 4.40 Å². The number of fused-ring (bicyclic) bond motifs is 1. The molecule has 23 heavy (non-hydrogen) atoms. The molecular weight excluding hydrogens is 306 g/mol. The predicted octanol–water partition coefficient (Wildman–Crippen LogP) is 4.64. The molecule has 0 N–H and O–H groups in total. The Bertz CT molecular complexity index is 961. The van der Waals surface area contributed by atoms with Gasteiger partial charge in [0.1, 0.15) is 0 Å². The Hall–Kier alpha value is -2.65. The van der Waals surface area contributed by atoms with Crippen LogP contribution in [0, 0.1) is 0 Å². The topological polar surface area (TPSA) is 30.2 Å². The fraction of sp³-hybridized carbons (Fsp3) is 0.0526. The van der Waals surface area contributed by atoms with E-state index in [4.69, 9.17) is 11.6 Å². The first kappa shape index (κ1) is 14.0. The van der Waals surface area contributed by atoms with Crippen LogP contribution in [0.5, 0.6) is 0 Å². The van der Waals surface area contributed by atoms with Crippen molar-refractivity contribution in [3.8, 4) is 11.4 Å². The fourth-order valence-corrected chi connectivity index (χ4v) is 2.92. The zero-order valence-electron chi connectivity index (χ0n) is 12.4. The summed E-state index contributed by atoms with van der Waals surface area (Å²) in [4.78, 5) is 0. The summed E-state index contributed by atoms with van der Waals surface area (Å²) in [5, 5.41) is 9.22. The van der Waals surface area contributed by atoms with E-state index in [9.17, 15) is 0 Å². The fourth-order valence-electron chi connectivity index (χ4n) is 2.70. The molecule has 2 heterocycles. The van der Waals surface area contributed by atoms with Gasteiger partial charge in [-0.1, -0.05) is 60.1 Å². The van der Waals surface area contributed by atoms with Gasteiger partial charge in [-0.15, -0.1) is 10.2 Å². The number of nitrogens with zero attached hydrogens (tertiary/aromatic N) is 3.